The molecule has 0 bridgehead atoms. The van der Waals surface area contributed by atoms with Crippen molar-refractivity contribution in [2.24, 2.45) is 0 Å². The number of phenolic OH excluding ortho intramolecular Hbond substituents is 3. The van der Waals surface area contributed by atoms with Crippen molar-refractivity contribution in [3.63, 3.8) is 0 Å². The van der Waals surface area contributed by atoms with Crippen molar-refractivity contribution in [3.8, 4) is 34.5 Å². The van der Waals surface area contributed by atoms with E-state index in [1.54, 1.807) is 26.0 Å². The molecule has 106 valence electrons. The molecule has 0 aliphatic heterocycles. The number of rotatable bonds is 3. The van der Waals surface area contributed by atoms with Gasteiger partial charge in [0, 0.05) is 6.07 Å². The second-order valence-corrected chi connectivity index (χ2v) is 4.53. The van der Waals surface area contributed by atoms with Gasteiger partial charge in [0.25, 0.3) is 0 Å². The van der Waals surface area contributed by atoms with Crippen molar-refractivity contribution in [3.05, 3.63) is 35.4 Å². The van der Waals surface area contributed by atoms with E-state index in [0.717, 1.165) is 5.56 Å². The summed E-state index contributed by atoms with van der Waals surface area (Å²) in [4.78, 5) is 0. The van der Waals surface area contributed by atoms with Crippen molar-refractivity contribution >= 4 is 0 Å². The van der Waals surface area contributed by atoms with Gasteiger partial charge in [-0.2, -0.15) is 0 Å². The molecule has 2 rings (SSSR count). The van der Waals surface area contributed by atoms with Crippen molar-refractivity contribution in [1.82, 2.24) is 0 Å². The molecule has 5 nitrogen and oxygen atoms in total. The second-order valence-electron chi connectivity index (χ2n) is 4.53. The average molecular weight is 276 g/mol. The Hall–Kier alpha value is -2.56. The molecule has 0 aliphatic carbocycles. The fourth-order valence-electron chi connectivity index (χ4n) is 1.89. The number of methoxy groups -OCH3 is 1. The van der Waals surface area contributed by atoms with E-state index in [1.807, 2.05) is 0 Å². The lowest BCUT2D eigenvalue weighted by atomic mass is 10.2. The normalized spacial score (nSPS) is 10.3. The Kier molecular flexibility index (Phi) is 3.61. The molecule has 0 aliphatic rings. The topological polar surface area (TPSA) is 79.2 Å². The maximum atomic E-state index is 9.94. The zero-order chi connectivity index (χ0) is 14.9. The number of ether oxygens (including phenoxy) is 2. The molecule has 0 atom stereocenters. The minimum Gasteiger partial charge on any atom is -0.504 e. The summed E-state index contributed by atoms with van der Waals surface area (Å²) < 4.78 is 10.6. The Morgan fingerprint density at radius 2 is 1.60 bits per heavy atom. The molecule has 0 amide bonds. The first kappa shape index (κ1) is 13.9. The van der Waals surface area contributed by atoms with E-state index in [9.17, 15) is 15.3 Å². The molecule has 0 radical (unpaired) electrons. The third kappa shape index (κ3) is 2.56. The molecule has 0 saturated heterocycles. The van der Waals surface area contributed by atoms with Crippen LogP contribution >= 0.6 is 0 Å². The van der Waals surface area contributed by atoms with Crippen LogP contribution in [0.5, 0.6) is 34.5 Å². The van der Waals surface area contributed by atoms with Gasteiger partial charge in [-0.3, -0.25) is 0 Å². The van der Waals surface area contributed by atoms with Crippen LogP contribution < -0.4 is 9.47 Å². The van der Waals surface area contributed by atoms with Crippen LogP contribution in [0.3, 0.4) is 0 Å². The minimum absolute atomic E-state index is 0.0751. The van der Waals surface area contributed by atoms with Gasteiger partial charge in [0.1, 0.15) is 5.75 Å². The first-order chi connectivity index (χ1) is 9.42. The Labute approximate surface area is 116 Å². The quantitative estimate of drug-likeness (QED) is 0.750. The highest BCUT2D eigenvalue weighted by atomic mass is 16.5. The van der Waals surface area contributed by atoms with Crippen molar-refractivity contribution in [1.29, 1.82) is 0 Å². The lowest BCUT2D eigenvalue weighted by molar-refractivity contribution is 0.357. The summed E-state index contributed by atoms with van der Waals surface area (Å²) in [5.41, 5.74) is 1.36. The predicted octanol–water partition coefficient (Wildman–Crippen LogP) is 3.22. The van der Waals surface area contributed by atoms with Gasteiger partial charge >= 0.3 is 0 Å². The van der Waals surface area contributed by atoms with E-state index in [1.165, 1.54) is 19.2 Å². The lowest BCUT2D eigenvalue weighted by Crippen LogP contribution is -1.92. The molecule has 0 fully saturated rings. The number of aryl methyl sites for hydroxylation is 2. The summed E-state index contributed by atoms with van der Waals surface area (Å²) in [6.45, 7) is 3.50. The van der Waals surface area contributed by atoms with Gasteiger partial charge in [-0.15, -0.1) is 0 Å². The fourth-order valence-corrected chi connectivity index (χ4v) is 1.89. The number of benzene rings is 2. The van der Waals surface area contributed by atoms with Gasteiger partial charge in [-0.25, -0.2) is 0 Å². The Morgan fingerprint density at radius 3 is 2.20 bits per heavy atom. The van der Waals surface area contributed by atoms with Crippen LogP contribution in [0.1, 0.15) is 11.1 Å². The van der Waals surface area contributed by atoms with E-state index < -0.39 is 0 Å². The summed E-state index contributed by atoms with van der Waals surface area (Å²) in [5.74, 6) is 0.0268. The van der Waals surface area contributed by atoms with Crippen LogP contribution in [-0.4, -0.2) is 22.4 Å². The Balaban J connectivity index is 2.45. The zero-order valence-electron chi connectivity index (χ0n) is 11.5. The monoisotopic (exact) mass is 276 g/mol. The molecule has 2 aromatic carbocycles. The first-order valence-electron chi connectivity index (χ1n) is 6.00. The van der Waals surface area contributed by atoms with E-state index in [4.69, 9.17) is 9.47 Å². The number of aromatic hydroxyl groups is 3. The van der Waals surface area contributed by atoms with Crippen molar-refractivity contribution < 1.29 is 24.8 Å². The predicted molar refractivity (Wildman–Crippen MR) is 74.0 cm³/mol. The van der Waals surface area contributed by atoms with E-state index in [0.29, 0.717) is 11.3 Å². The van der Waals surface area contributed by atoms with Crippen LogP contribution in [0, 0.1) is 13.8 Å². The van der Waals surface area contributed by atoms with Crippen LogP contribution in [0.15, 0.2) is 24.3 Å². The summed E-state index contributed by atoms with van der Waals surface area (Å²) in [7, 11) is 1.50. The largest absolute Gasteiger partial charge is 0.504 e. The van der Waals surface area contributed by atoms with E-state index in [2.05, 4.69) is 0 Å². The van der Waals surface area contributed by atoms with Gasteiger partial charge in [0.2, 0.25) is 5.75 Å². The summed E-state index contributed by atoms with van der Waals surface area (Å²) in [5, 5.41) is 29.3. The smallest absolute Gasteiger partial charge is 0.201 e. The molecular weight excluding hydrogens is 260 g/mol. The van der Waals surface area contributed by atoms with Crippen LogP contribution in [0.2, 0.25) is 0 Å². The first-order valence-corrected chi connectivity index (χ1v) is 6.00. The number of phenols is 3. The maximum absolute atomic E-state index is 9.94. The molecule has 0 aromatic heterocycles. The molecule has 0 saturated carbocycles. The third-order valence-corrected chi connectivity index (χ3v) is 2.88. The Bertz CT molecular complexity index is 626. The molecule has 0 unspecified atom stereocenters. The third-order valence-electron chi connectivity index (χ3n) is 2.88. The molecule has 3 N–H and O–H groups in total. The molecule has 0 spiro atoms. The SMILES string of the molecule is COc1cc(C)c(Oc2cc(C)cc(O)c2O)c(O)c1. The van der Waals surface area contributed by atoms with Crippen LogP contribution in [0.4, 0.5) is 0 Å². The van der Waals surface area contributed by atoms with Gasteiger partial charge < -0.3 is 24.8 Å². The Morgan fingerprint density at radius 1 is 0.900 bits per heavy atom. The van der Waals surface area contributed by atoms with Crippen molar-refractivity contribution in [2.75, 3.05) is 7.11 Å². The maximum Gasteiger partial charge on any atom is 0.201 e. The molecular formula is C15H16O5. The minimum atomic E-state index is -0.370. The average Bonchev–Trinajstić information content (AvgIpc) is 2.38. The molecule has 5 heteroatoms. The van der Waals surface area contributed by atoms with Gasteiger partial charge in [0.15, 0.2) is 23.0 Å². The fraction of sp³-hybridized carbons (Fsp3) is 0.200. The number of hydrogen-bond donors (Lipinski definition) is 3. The van der Waals surface area contributed by atoms with Crippen LogP contribution in [0.25, 0.3) is 0 Å². The highest BCUT2D eigenvalue weighted by Gasteiger charge is 2.15. The molecule has 20 heavy (non-hydrogen) atoms. The van der Waals surface area contributed by atoms with Gasteiger partial charge in [-0.05, 0) is 43.2 Å². The standard InChI is InChI=1S/C15H16O5/c1-8-4-11(16)14(18)13(5-8)20-15-9(2)6-10(19-3)7-12(15)17/h4-7,16-18H,1-3H3. The highest BCUT2D eigenvalue weighted by Crippen LogP contribution is 2.43. The zero-order valence-corrected chi connectivity index (χ0v) is 11.5. The van der Waals surface area contributed by atoms with Gasteiger partial charge in [-0.1, -0.05) is 0 Å². The molecule has 0 heterocycles. The summed E-state index contributed by atoms with van der Waals surface area (Å²) in [6.07, 6.45) is 0. The van der Waals surface area contributed by atoms with Crippen molar-refractivity contribution in [2.45, 2.75) is 13.8 Å². The van der Waals surface area contributed by atoms with Gasteiger partial charge in [0.05, 0.1) is 7.11 Å². The van der Waals surface area contributed by atoms with Crippen LogP contribution in [-0.2, 0) is 0 Å². The lowest BCUT2D eigenvalue weighted by Gasteiger charge is -2.14. The second kappa shape index (κ2) is 5.21. The molecule has 2 aromatic rings. The number of hydrogen-bond acceptors (Lipinski definition) is 5. The van der Waals surface area contributed by atoms with E-state index >= 15 is 0 Å². The highest BCUT2D eigenvalue weighted by molar-refractivity contribution is 5.57. The summed E-state index contributed by atoms with van der Waals surface area (Å²) >= 11 is 0. The summed E-state index contributed by atoms with van der Waals surface area (Å²) in [6, 6.07) is 6.10. The van der Waals surface area contributed by atoms with E-state index in [-0.39, 0.29) is 28.7 Å².